The predicted molar refractivity (Wildman–Crippen MR) is 75.7 cm³/mol. The fraction of sp³-hybridized carbons (Fsp3) is 0.500. The van der Waals surface area contributed by atoms with Gasteiger partial charge in [-0.05, 0) is 12.1 Å². The zero-order valence-electron chi connectivity index (χ0n) is 11.4. The Bertz CT molecular complexity index is 535. The monoisotopic (exact) mass is 323 g/mol. The lowest BCUT2D eigenvalue weighted by Crippen LogP contribution is -2.36. The summed E-state index contributed by atoms with van der Waals surface area (Å²) < 4.78 is 36.2. The van der Waals surface area contributed by atoms with Gasteiger partial charge >= 0.3 is 0 Å². The minimum atomic E-state index is -3.79. The molecule has 0 heterocycles. The van der Waals surface area contributed by atoms with Gasteiger partial charge < -0.3 is 14.6 Å². The fourth-order valence-electron chi connectivity index (χ4n) is 1.65. The van der Waals surface area contributed by atoms with Crippen molar-refractivity contribution in [3.05, 3.63) is 23.2 Å². The molecular weight excluding hydrogens is 306 g/mol. The molecule has 8 heteroatoms. The second-order valence-electron chi connectivity index (χ2n) is 3.92. The minimum Gasteiger partial charge on any atom is -0.495 e. The highest BCUT2D eigenvalue weighted by molar-refractivity contribution is 7.89. The third-order valence-electron chi connectivity index (χ3n) is 2.64. The summed E-state index contributed by atoms with van der Waals surface area (Å²) in [6.45, 7) is 0.0800. The predicted octanol–water partition coefficient (Wildman–Crippen LogP) is 0.978. The van der Waals surface area contributed by atoms with Crippen LogP contribution in [0.4, 0.5) is 0 Å². The smallest absolute Gasteiger partial charge is 0.246 e. The van der Waals surface area contributed by atoms with Crippen molar-refractivity contribution in [3.8, 4) is 5.75 Å². The Labute approximate surface area is 123 Å². The van der Waals surface area contributed by atoms with E-state index in [2.05, 4.69) is 0 Å². The molecule has 0 fully saturated rings. The summed E-state index contributed by atoms with van der Waals surface area (Å²) in [4.78, 5) is 0.00829. The number of sulfonamides is 1. The molecule has 0 saturated carbocycles. The summed E-state index contributed by atoms with van der Waals surface area (Å²) in [6, 6.07) is 4.29. The number of halogens is 1. The molecular formula is C12H18ClNO5S. The quantitative estimate of drug-likeness (QED) is 0.771. The maximum Gasteiger partial charge on any atom is 0.246 e. The van der Waals surface area contributed by atoms with E-state index in [0.29, 0.717) is 5.02 Å². The van der Waals surface area contributed by atoms with Gasteiger partial charge in [-0.15, -0.1) is 0 Å². The number of aliphatic hydroxyl groups is 1. The average Bonchev–Trinajstić information content (AvgIpc) is 2.42. The molecule has 0 aliphatic heterocycles. The van der Waals surface area contributed by atoms with Crippen molar-refractivity contribution in [2.75, 3.05) is 40.5 Å². The van der Waals surface area contributed by atoms with Gasteiger partial charge in [-0.3, -0.25) is 0 Å². The van der Waals surface area contributed by atoms with Crippen LogP contribution in [-0.4, -0.2) is 58.4 Å². The van der Waals surface area contributed by atoms with Crippen LogP contribution >= 0.6 is 11.6 Å². The first-order valence-corrected chi connectivity index (χ1v) is 7.72. The van der Waals surface area contributed by atoms with Crippen molar-refractivity contribution < 1.29 is 23.0 Å². The first-order valence-electron chi connectivity index (χ1n) is 5.91. The van der Waals surface area contributed by atoms with Crippen molar-refractivity contribution in [3.63, 3.8) is 0 Å². The van der Waals surface area contributed by atoms with Gasteiger partial charge in [0.25, 0.3) is 0 Å². The maximum absolute atomic E-state index is 12.6. The van der Waals surface area contributed by atoms with E-state index in [-0.39, 0.29) is 36.9 Å². The molecule has 1 rings (SSSR count). The maximum atomic E-state index is 12.6. The van der Waals surface area contributed by atoms with Gasteiger partial charge in [0, 0.05) is 31.3 Å². The molecule has 1 aromatic carbocycles. The summed E-state index contributed by atoms with van der Waals surface area (Å²) >= 11 is 5.82. The molecule has 20 heavy (non-hydrogen) atoms. The van der Waals surface area contributed by atoms with Crippen LogP contribution in [0, 0.1) is 0 Å². The second kappa shape index (κ2) is 7.80. The van der Waals surface area contributed by atoms with E-state index in [4.69, 9.17) is 26.2 Å². The van der Waals surface area contributed by atoms with Crippen molar-refractivity contribution >= 4 is 21.6 Å². The van der Waals surface area contributed by atoms with E-state index in [0.717, 1.165) is 4.31 Å². The normalized spacial score (nSPS) is 11.8. The van der Waals surface area contributed by atoms with E-state index in [1.807, 2.05) is 0 Å². The van der Waals surface area contributed by atoms with Crippen molar-refractivity contribution in [2.24, 2.45) is 0 Å². The lowest BCUT2D eigenvalue weighted by Gasteiger charge is -2.22. The van der Waals surface area contributed by atoms with Gasteiger partial charge in [-0.1, -0.05) is 11.6 Å². The molecule has 6 nitrogen and oxygen atoms in total. The van der Waals surface area contributed by atoms with Crippen LogP contribution in [0.25, 0.3) is 0 Å². The molecule has 0 amide bonds. The zero-order chi connectivity index (χ0) is 15.2. The highest BCUT2D eigenvalue weighted by Crippen LogP contribution is 2.29. The number of benzene rings is 1. The molecule has 0 atom stereocenters. The SMILES string of the molecule is COCCN(CCO)S(=O)(=O)c1ccc(Cl)cc1OC. The van der Waals surface area contributed by atoms with Gasteiger partial charge in [0.15, 0.2) is 0 Å². The standard InChI is InChI=1S/C12H18ClNO5S/c1-18-8-6-14(5-7-15)20(16,17)12-4-3-10(13)9-11(12)19-2/h3-4,9,15H,5-8H2,1-2H3. The Morgan fingerprint density at radius 3 is 2.55 bits per heavy atom. The summed E-state index contributed by atoms with van der Waals surface area (Å²) in [5.74, 6) is 0.165. The largest absolute Gasteiger partial charge is 0.495 e. The van der Waals surface area contributed by atoms with E-state index < -0.39 is 10.0 Å². The number of nitrogens with zero attached hydrogens (tertiary/aromatic N) is 1. The number of hydrogen-bond donors (Lipinski definition) is 1. The van der Waals surface area contributed by atoms with Gasteiger partial charge in [-0.2, -0.15) is 4.31 Å². The van der Waals surface area contributed by atoms with Gasteiger partial charge in [0.2, 0.25) is 10.0 Å². The van der Waals surface area contributed by atoms with Gasteiger partial charge in [-0.25, -0.2) is 8.42 Å². The highest BCUT2D eigenvalue weighted by atomic mass is 35.5. The third-order valence-corrected chi connectivity index (χ3v) is 4.81. The highest BCUT2D eigenvalue weighted by Gasteiger charge is 2.27. The van der Waals surface area contributed by atoms with E-state index >= 15 is 0 Å². The Kier molecular flexibility index (Phi) is 6.70. The summed E-state index contributed by atoms with van der Waals surface area (Å²) in [7, 11) is -0.935. The van der Waals surface area contributed by atoms with E-state index in [1.54, 1.807) is 0 Å². The Hall–Kier alpha value is -0.860. The molecule has 0 radical (unpaired) electrons. The summed E-state index contributed by atoms with van der Waals surface area (Å²) in [6.07, 6.45) is 0. The molecule has 0 aliphatic carbocycles. The third kappa shape index (κ3) is 4.07. The molecule has 0 aliphatic rings. The van der Waals surface area contributed by atoms with Crippen LogP contribution in [0.3, 0.4) is 0 Å². The zero-order valence-corrected chi connectivity index (χ0v) is 12.9. The van der Waals surface area contributed by atoms with Crippen LogP contribution in [0.5, 0.6) is 5.75 Å². The Morgan fingerprint density at radius 2 is 2.00 bits per heavy atom. The molecule has 114 valence electrons. The number of rotatable bonds is 8. The van der Waals surface area contributed by atoms with Crippen LogP contribution in [0.2, 0.25) is 5.02 Å². The second-order valence-corrected chi connectivity index (χ2v) is 6.26. The minimum absolute atomic E-state index is 0.00829. The molecule has 1 N–H and O–H groups in total. The van der Waals surface area contributed by atoms with E-state index in [9.17, 15) is 8.42 Å². The Morgan fingerprint density at radius 1 is 1.30 bits per heavy atom. The Balaban J connectivity index is 3.18. The van der Waals surface area contributed by atoms with E-state index in [1.165, 1.54) is 32.4 Å². The van der Waals surface area contributed by atoms with Gasteiger partial charge in [0.1, 0.15) is 10.6 Å². The molecule has 0 bridgehead atoms. The van der Waals surface area contributed by atoms with Crippen LogP contribution < -0.4 is 4.74 Å². The van der Waals surface area contributed by atoms with Crippen molar-refractivity contribution in [1.82, 2.24) is 4.31 Å². The van der Waals surface area contributed by atoms with Gasteiger partial charge in [0.05, 0.1) is 20.3 Å². The number of hydrogen-bond acceptors (Lipinski definition) is 5. The van der Waals surface area contributed by atoms with Crippen LogP contribution in [-0.2, 0) is 14.8 Å². The first kappa shape index (κ1) is 17.2. The van der Waals surface area contributed by atoms with Crippen LogP contribution in [0.1, 0.15) is 0 Å². The molecule has 0 unspecified atom stereocenters. The molecule has 1 aromatic rings. The molecule has 0 saturated heterocycles. The molecule has 0 aromatic heterocycles. The lowest BCUT2D eigenvalue weighted by atomic mass is 10.3. The van der Waals surface area contributed by atoms with Crippen molar-refractivity contribution in [1.29, 1.82) is 0 Å². The number of ether oxygens (including phenoxy) is 2. The number of methoxy groups -OCH3 is 2. The first-order chi connectivity index (χ1) is 9.47. The van der Waals surface area contributed by atoms with Crippen LogP contribution in [0.15, 0.2) is 23.1 Å². The lowest BCUT2D eigenvalue weighted by molar-refractivity contribution is 0.168. The topological polar surface area (TPSA) is 76.1 Å². The van der Waals surface area contributed by atoms with Crippen molar-refractivity contribution in [2.45, 2.75) is 4.90 Å². The summed E-state index contributed by atoms with van der Waals surface area (Å²) in [5.41, 5.74) is 0. The average molecular weight is 324 g/mol. The summed E-state index contributed by atoms with van der Waals surface area (Å²) in [5, 5.41) is 9.40. The molecule has 0 spiro atoms. The fourth-order valence-corrected chi connectivity index (χ4v) is 3.36. The number of aliphatic hydroxyl groups excluding tert-OH is 1.